The molecule has 120 valence electrons. The van der Waals surface area contributed by atoms with Gasteiger partial charge in [-0.05, 0) is 42.5 Å². The average Bonchev–Trinajstić information content (AvgIpc) is 2.62. The van der Waals surface area contributed by atoms with Gasteiger partial charge in [0.05, 0.1) is 5.56 Å². The molecular weight excluding hydrogens is 368 g/mol. The Morgan fingerprint density at radius 2 is 1.50 bits per heavy atom. The van der Waals surface area contributed by atoms with Crippen LogP contribution in [0.4, 0.5) is 0 Å². The van der Waals surface area contributed by atoms with Crippen LogP contribution in [0.1, 0.15) is 15.9 Å². The molecule has 0 saturated heterocycles. The molecule has 3 rings (SSSR count). The number of benzene rings is 3. The van der Waals surface area contributed by atoms with Crippen LogP contribution in [0.25, 0.3) is 0 Å². The van der Waals surface area contributed by atoms with Gasteiger partial charge in [-0.1, -0.05) is 52.3 Å². The van der Waals surface area contributed by atoms with Crippen molar-refractivity contribution in [2.45, 2.75) is 6.61 Å². The fraction of sp³-hybridized carbons (Fsp3) is 0.0500. The number of carbonyl (C=O) groups excluding carboxylic acids is 1. The van der Waals surface area contributed by atoms with Gasteiger partial charge in [-0.25, -0.2) is 4.79 Å². The minimum Gasteiger partial charge on any atom is -0.457 e. The maximum absolute atomic E-state index is 12.1. The molecule has 0 N–H and O–H groups in total. The Morgan fingerprint density at radius 3 is 2.25 bits per heavy atom. The van der Waals surface area contributed by atoms with Crippen LogP contribution >= 0.6 is 15.9 Å². The van der Waals surface area contributed by atoms with E-state index in [4.69, 9.17) is 9.47 Å². The third kappa shape index (κ3) is 4.24. The highest BCUT2D eigenvalue weighted by Crippen LogP contribution is 2.25. The predicted molar refractivity (Wildman–Crippen MR) is 96.2 cm³/mol. The highest BCUT2D eigenvalue weighted by molar-refractivity contribution is 9.10. The summed E-state index contributed by atoms with van der Waals surface area (Å²) in [4.78, 5) is 12.1. The first kappa shape index (κ1) is 16.3. The number of esters is 1. The standard InChI is InChI=1S/C20H15BrO3/c21-17-12-10-15(11-13-17)20(22)23-14-16-6-4-5-9-19(16)24-18-7-2-1-3-8-18/h1-13H,14H2. The summed E-state index contributed by atoms with van der Waals surface area (Å²) in [5.41, 5.74) is 1.33. The van der Waals surface area contributed by atoms with E-state index in [1.54, 1.807) is 12.1 Å². The molecule has 0 aliphatic rings. The number of carbonyl (C=O) groups is 1. The number of para-hydroxylation sites is 2. The normalized spacial score (nSPS) is 10.2. The number of rotatable bonds is 5. The largest absolute Gasteiger partial charge is 0.457 e. The lowest BCUT2D eigenvalue weighted by Crippen LogP contribution is -2.05. The van der Waals surface area contributed by atoms with Crippen LogP contribution < -0.4 is 4.74 Å². The van der Waals surface area contributed by atoms with Crippen LogP contribution in [0, 0.1) is 0 Å². The van der Waals surface area contributed by atoms with Crippen molar-refractivity contribution in [1.82, 2.24) is 0 Å². The average molecular weight is 383 g/mol. The van der Waals surface area contributed by atoms with E-state index in [2.05, 4.69) is 15.9 Å². The Balaban J connectivity index is 1.69. The van der Waals surface area contributed by atoms with Gasteiger partial charge in [0.15, 0.2) is 0 Å². The molecule has 0 atom stereocenters. The third-order valence-electron chi connectivity index (χ3n) is 3.38. The molecule has 0 radical (unpaired) electrons. The van der Waals surface area contributed by atoms with Crippen LogP contribution in [-0.4, -0.2) is 5.97 Å². The van der Waals surface area contributed by atoms with E-state index in [9.17, 15) is 4.79 Å². The second-order valence-corrected chi connectivity index (χ2v) is 6.02. The second kappa shape index (κ2) is 7.79. The monoisotopic (exact) mass is 382 g/mol. The zero-order chi connectivity index (χ0) is 16.8. The summed E-state index contributed by atoms with van der Waals surface area (Å²) in [5, 5.41) is 0. The smallest absolute Gasteiger partial charge is 0.338 e. The fourth-order valence-electron chi connectivity index (χ4n) is 2.15. The van der Waals surface area contributed by atoms with E-state index in [1.165, 1.54) is 0 Å². The Bertz CT molecular complexity index is 814. The van der Waals surface area contributed by atoms with Gasteiger partial charge < -0.3 is 9.47 Å². The Labute approximate surface area is 149 Å². The Hall–Kier alpha value is -2.59. The van der Waals surface area contributed by atoms with Crippen molar-refractivity contribution in [3.05, 3.63) is 94.5 Å². The third-order valence-corrected chi connectivity index (χ3v) is 3.91. The minimum atomic E-state index is -0.364. The lowest BCUT2D eigenvalue weighted by Gasteiger charge is -2.11. The number of hydrogen-bond donors (Lipinski definition) is 0. The predicted octanol–water partition coefficient (Wildman–Crippen LogP) is 5.60. The maximum atomic E-state index is 12.1. The van der Waals surface area contributed by atoms with Crippen molar-refractivity contribution >= 4 is 21.9 Å². The van der Waals surface area contributed by atoms with Crippen molar-refractivity contribution in [3.63, 3.8) is 0 Å². The SMILES string of the molecule is O=C(OCc1ccccc1Oc1ccccc1)c1ccc(Br)cc1. The molecule has 4 heteroatoms. The summed E-state index contributed by atoms with van der Waals surface area (Å²) < 4.78 is 12.2. The van der Waals surface area contributed by atoms with E-state index < -0.39 is 0 Å². The quantitative estimate of drug-likeness (QED) is 0.538. The Kier molecular flexibility index (Phi) is 5.29. The number of hydrogen-bond acceptors (Lipinski definition) is 3. The first-order valence-corrected chi connectivity index (χ1v) is 8.25. The highest BCUT2D eigenvalue weighted by atomic mass is 79.9. The molecule has 0 saturated carbocycles. The van der Waals surface area contributed by atoms with Gasteiger partial charge in [0.25, 0.3) is 0 Å². The summed E-state index contributed by atoms with van der Waals surface area (Å²) in [5.74, 6) is 1.05. The molecule has 0 unspecified atom stereocenters. The van der Waals surface area contributed by atoms with Gasteiger partial charge >= 0.3 is 5.97 Å². The van der Waals surface area contributed by atoms with E-state index in [0.717, 1.165) is 15.8 Å². The molecule has 24 heavy (non-hydrogen) atoms. The topological polar surface area (TPSA) is 35.5 Å². The van der Waals surface area contributed by atoms with Crippen LogP contribution in [-0.2, 0) is 11.3 Å². The van der Waals surface area contributed by atoms with E-state index in [-0.39, 0.29) is 12.6 Å². The van der Waals surface area contributed by atoms with Gasteiger partial charge in [0, 0.05) is 10.0 Å². The molecule has 0 aliphatic carbocycles. The highest BCUT2D eigenvalue weighted by Gasteiger charge is 2.10. The summed E-state index contributed by atoms with van der Waals surface area (Å²) in [6, 6.07) is 24.1. The lowest BCUT2D eigenvalue weighted by molar-refractivity contribution is 0.0471. The molecule has 3 nitrogen and oxygen atoms in total. The van der Waals surface area contributed by atoms with Crippen molar-refractivity contribution in [2.24, 2.45) is 0 Å². The van der Waals surface area contributed by atoms with Crippen LogP contribution in [0.3, 0.4) is 0 Å². The first-order valence-electron chi connectivity index (χ1n) is 7.46. The summed E-state index contributed by atoms with van der Waals surface area (Å²) in [6.07, 6.45) is 0. The van der Waals surface area contributed by atoms with Gasteiger partial charge in [-0.3, -0.25) is 0 Å². The molecule has 0 aromatic heterocycles. The zero-order valence-electron chi connectivity index (χ0n) is 12.8. The van der Waals surface area contributed by atoms with Crippen molar-refractivity contribution in [2.75, 3.05) is 0 Å². The van der Waals surface area contributed by atoms with E-state index in [1.807, 2.05) is 66.7 Å². The maximum Gasteiger partial charge on any atom is 0.338 e. The number of ether oxygens (including phenoxy) is 2. The molecule has 0 bridgehead atoms. The molecule has 0 fully saturated rings. The zero-order valence-corrected chi connectivity index (χ0v) is 14.4. The summed E-state index contributed by atoms with van der Waals surface area (Å²) >= 11 is 3.34. The van der Waals surface area contributed by atoms with Gasteiger partial charge in [0.2, 0.25) is 0 Å². The minimum absolute atomic E-state index is 0.151. The van der Waals surface area contributed by atoms with Crippen molar-refractivity contribution in [1.29, 1.82) is 0 Å². The van der Waals surface area contributed by atoms with Gasteiger partial charge in [0.1, 0.15) is 18.1 Å². The molecule has 0 aliphatic heterocycles. The molecule has 3 aromatic carbocycles. The number of halogens is 1. The summed E-state index contributed by atoms with van der Waals surface area (Å²) in [6.45, 7) is 0.151. The lowest BCUT2D eigenvalue weighted by atomic mass is 10.2. The van der Waals surface area contributed by atoms with Gasteiger partial charge in [-0.15, -0.1) is 0 Å². The van der Waals surface area contributed by atoms with Crippen LogP contribution in [0.2, 0.25) is 0 Å². The molecule has 0 amide bonds. The van der Waals surface area contributed by atoms with Crippen LogP contribution in [0.5, 0.6) is 11.5 Å². The van der Waals surface area contributed by atoms with Crippen molar-refractivity contribution in [3.8, 4) is 11.5 Å². The molecule has 0 heterocycles. The molecule has 3 aromatic rings. The van der Waals surface area contributed by atoms with Crippen molar-refractivity contribution < 1.29 is 14.3 Å². The molecular formula is C20H15BrO3. The fourth-order valence-corrected chi connectivity index (χ4v) is 2.42. The second-order valence-electron chi connectivity index (χ2n) is 5.11. The molecule has 0 spiro atoms. The first-order chi connectivity index (χ1) is 11.7. The van der Waals surface area contributed by atoms with E-state index >= 15 is 0 Å². The Morgan fingerprint density at radius 1 is 0.833 bits per heavy atom. The van der Waals surface area contributed by atoms with Crippen LogP contribution in [0.15, 0.2) is 83.3 Å². The summed E-state index contributed by atoms with van der Waals surface area (Å²) in [7, 11) is 0. The van der Waals surface area contributed by atoms with Gasteiger partial charge in [-0.2, -0.15) is 0 Å². The van der Waals surface area contributed by atoms with E-state index in [0.29, 0.717) is 11.3 Å².